The van der Waals surface area contributed by atoms with Crippen molar-refractivity contribution in [3.63, 3.8) is 0 Å². The smallest absolute Gasteiger partial charge is 0.226 e. The second-order valence-corrected chi connectivity index (χ2v) is 8.27. The molecule has 1 saturated heterocycles. The van der Waals surface area contributed by atoms with Gasteiger partial charge in [0.25, 0.3) is 0 Å². The number of ether oxygens (including phenoxy) is 1. The number of carbonyl (C=O) groups excluding carboxylic acids is 1. The van der Waals surface area contributed by atoms with Crippen LogP contribution < -0.4 is 4.74 Å². The summed E-state index contributed by atoms with van der Waals surface area (Å²) in [5.74, 6) is 2.51. The fraction of sp³-hybridized carbons (Fsp3) is 0.409. The van der Waals surface area contributed by atoms with E-state index in [1.807, 2.05) is 42.1 Å². The molecule has 0 unspecified atom stereocenters. The van der Waals surface area contributed by atoms with Crippen molar-refractivity contribution in [2.24, 2.45) is 5.92 Å². The quantitative estimate of drug-likeness (QED) is 0.742. The van der Waals surface area contributed by atoms with E-state index in [0.29, 0.717) is 12.5 Å². The maximum Gasteiger partial charge on any atom is 0.226 e. The van der Waals surface area contributed by atoms with Gasteiger partial charge < -0.3 is 9.64 Å². The van der Waals surface area contributed by atoms with Crippen LogP contribution in [0, 0.1) is 5.92 Å². The Morgan fingerprint density at radius 3 is 2.50 bits per heavy atom. The van der Waals surface area contributed by atoms with Crippen molar-refractivity contribution < 1.29 is 9.53 Å². The molecule has 4 rings (SSSR count). The zero-order chi connectivity index (χ0) is 17.8. The van der Waals surface area contributed by atoms with Crippen molar-refractivity contribution >= 4 is 17.7 Å². The third-order valence-electron chi connectivity index (χ3n) is 5.29. The molecule has 1 saturated carbocycles. The monoisotopic (exact) mass is 367 g/mol. The lowest BCUT2D eigenvalue weighted by molar-refractivity contribution is -0.135. The van der Waals surface area contributed by atoms with Crippen LogP contribution in [0.2, 0.25) is 0 Å². The van der Waals surface area contributed by atoms with Gasteiger partial charge in [-0.1, -0.05) is 55.3 Å². The van der Waals surface area contributed by atoms with E-state index < -0.39 is 0 Å². The number of thioether (sulfide) groups is 1. The van der Waals surface area contributed by atoms with Gasteiger partial charge in [0.1, 0.15) is 17.7 Å². The topological polar surface area (TPSA) is 29.5 Å². The van der Waals surface area contributed by atoms with Crippen LogP contribution in [0.5, 0.6) is 5.75 Å². The van der Waals surface area contributed by atoms with Gasteiger partial charge in [-0.25, -0.2) is 0 Å². The van der Waals surface area contributed by atoms with Crippen LogP contribution in [0.1, 0.15) is 42.2 Å². The minimum atomic E-state index is 0.159. The van der Waals surface area contributed by atoms with E-state index >= 15 is 0 Å². The number of amides is 1. The van der Waals surface area contributed by atoms with Gasteiger partial charge in [0.15, 0.2) is 0 Å². The molecule has 0 bridgehead atoms. The van der Waals surface area contributed by atoms with Gasteiger partial charge in [0.05, 0.1) is 0 Å². The first-order chi connectivity index (χ1) is 12.8. The molecular formula is C22H25NO2S. The largest absolute Gasteiger partial charge is 0.489 e. The van der Waals surface area contributed by atoms with Crippen molar-refractivity contribution in [2.75, 3.05) is 12.3 Å². The second kappa shape index (κ2) is 8.17. The lowest BCUT2D eigenvalue weighted by Gasteiger charge is -2.27. The highest BCUT2D eigenvalue weighted by Gasteiger charge is 2.35. The molecule has 1 aliphatic heterocycles. The molecule has 3 nitrogen and oxygen atoms in total. The zero-order valence-electron chi connectivity index (χ0n) is 15.0. The average Bonchev–Trinajstić information content (AvgIpc) is 3.39. The molecule has 2 aliphatic rings. The maximum absolute atomic E-state index is 12.8. The molecule has 2 aromatic carbocycles. The van der Waals surface area contributed by atoms with Gasteiger partial charge in [-0.2, -0.15) is 0 Å². The van der Waals surface area contributed by atoms with Crippen molar-refractivity contribution in [1.29, 1.82) is 0 Å². The molecule has 0 radical (unpaired) electrons. The normalized spacial score (nSPS) is 20.5. The Bertz CT molecular complexity index is 726. The molecule has 0 N–H and O–H groups in total. The highest BCUT2D eigenvalue weighted by Crippen LogP contribution is 2.40. The van der Waals surface area contributed by atoms with Gasteiger partial charge in [-0.05, 0) is 36.1 Å². The third-order valence-corrected chi connectivity index (χ3v) is 6.55. The molecule has 2 aromatic rings. The fourth-order valence-corrected chi connectivity index (χ4v) is 5.11. The summed E-state index contributed by atoms with van der Waals surface area (Å²) >= 11 is 1.87. The summed E-state index contributed by atoms with van der Waals surface area (Å²) in [6.45, 7) is 1.45. The number of hydrogen-bond acceptors (Lipinski definition) is 3. The number of rotatable bonds is 5. The Kier molecular flexibility index (Phi) is 5.49. The van der Waals surface area contributed by atoms with Crippen LogP contribution in [-0.2, 0) is 11.4 Å². The van der Waals surface area contributed by atoms with E-state index in [1.54, 1.807) is 0 Å². The Hall–Kier alpha value is -1.94. The molecule has 0 aromatic heterocycles. The summed E-state index contributed by atoms with van der Waals surface area (Å²) in [4.78, 5) is 14.9. The number of carbonyl (C=O) groups is 1. The summed E-state index contributed by atoms with van der Waals surface area (Å²) in [5, 5.41) is 0.159. The standard InChI is InChI=1S/C22H25NO2S/c24-21(18-8-4-5-9-18)23-14-15-26-22(23)19-10-12-20(13-11-19)25-16-17-6-2-1-3-7-17/h1-3,6-7,10-13,18,22H,4-5,8-9,14-16H2/t22-/m0/s1. The Labute approximate surface area is 159 Å². The fourth-order valence-electron chi connectivity index (χ4n) is 3.85. The van der Waals surface area contributed by atoms with Crippen LogP contribution in [0.4, 0.5) is 0 Å². The first-order valence-electron chi connectivity index (χ1n) is 9.50. The summed E-state index contributed by atoms with van der Waals surface area (Å²) < 4.78 is 5.88. The molecule has 1 amide bonds. The summed E-state index contributed by atoms with van der Waals surface area (Å²) in [5.41, 5.74) is 2.36. The summed E-state index contributed by atoms with van der Waals surface area (Å²) in [6.07, 6.45) is 4.54. The number of nitrogens with zero attached hydrogens (tertiary/aromatic N) is 1. The van der Waals surface area contributed by atoms with E-state index in [0.717, 1.165) is 36.5 Å². The second-order valence-electron chi connectivity index (χ2n) is 7.08. The van der Waals surface area contributed by atoms with E-state index in [4.69, 9.17) is 4.74 Å². The van der Waals surface area contributed by atoms with Gasteiger partial charge in [-0.15, -0.1) is 11.8 Å². The predicted octanol–water partition coefficient (Wildman–Crippen LogP) is 5.03. The van der Waals surface area contributed by atoms with Crippen LogP contribution >= 0.6 is 11.8 Å². The van der Waals surface area contributed by atoms with Gasteiger partial charge in [0, 0.05) is 18.2 Å². The molecule has 4 heteroatoms. The van der Waals surface area contributed by atoms with Crippen molar-refractivity contribution in [1.82, 2.24) is 4.90 Å². The van der Waals surface area contributed by atoms with Crippen LogP contribution in [0.3, 0.4) is 0 Å². The average molecular weight is 368 g/mol. The Balaban J connectivity index is 1.40. The zero-order valence-corrected chi connectivity index (χ0v) is 15.8. The van der Waals surface area contributed by atoms with E-state index in [1.165, 1.54) is 18.4 Å². The van der Waals surface area contributed by atoms with Crippen molar-refractivity contribution in [2.45, 2.75) is 37.7 Å². The molecule has 2 fully saturated rings. The first kappa shape index (κ1) is 17.5. The highest BCUT2D eigenvalue weighted by molar-refractivity contribution is 7.99. The molecule has 1 atom stereocenters. The molecule has 26 heavy (non-hydrogen) atoms. The molecule has 1 heterocycles. The van der Waals surface area contributed by atoms with E-state index in [-0.39, 0.29) is 11.3 Å². The summed E-state index contributed by atoms with van der Waals surface area (Å²) in [7, 11) is 0. The predicted molar refractivity (Wildman–Crippen MR) is 106 cm³/mol. The lowest BCUT2D eigenvalue weighted by Crippen LogP contribution is -2.34. The third kappa shape index (κ3) is 3.90. The first-order valence-corrected chi connectivity index (χ1v) is 10.5. The van der Waals surface area contributed by atoms with Gasteiger partial charge >= 0.3 is 0 Å². The molecule has 0 spiro atoms. The maximum atomic E-state index is 12.8. The molecular weight excluding hydrogens is 342 g/mol. The minimum absolute atomic E-state index is 0.159. The number of benzene rings is 2. The highest BCUT2D eigenvalue weighted by atomic mass is 32.2. The Morgan fingerprint density at radius 1 is 1.04 bits per heavy atom. The molecule has 1 aliphatic carbocycles. The number of hydrogen-bond donors (Lipinski definition) is 0. The SMILES string of the molecule is O=C(C1CCCC1)N1CCS[C@H]1c1ccc(OCc2ccccc2)cc1. The van der Waals surface area contributed by atoms with Crippen LogP contribution in [0.25, 0.3) is 0 Å². The minimum Gasteiger partial charge on any atom is -0.489 e. The molecule has 136 valence electrons. The van der Waals surface area contributed by atoms with E-state index in [2.05, 4.69) is 29.2 Å². The van der Waals surface area contributed by atoms with Gasteiger partial charge in [-0.3, -0.25) is 4.79 Å². The summed E-state index contributed by atoms with van der Waals surface area (Å²) in [6, 6.07) is 18.5. The lowest BCUT2D eigenvalue weighted by atomic mass is 10.1. The van der Waals surface area contributed by atoms with Crippen molar-refractivity contribution in [3.05, 3.63) is 65.7 Å². The van der Waals surface area contributed by atoms with Crippen LogP contribution in [-0.4, -0.2) is 23.1 Å². The Morgan fingerprint density at radius 2 is 1.77 bits per heavy atom. The van der Waals surface area contributed by atoms with Crippen LogP contribution in [0.15, 0.2) is 54.6 Å². The van der Waals surface area contributed by atoms with E-state index in [9.17, 15) is 4.79 Å². The van der Waals surface area contributed by atoms with Crippen molar-refractivity contribution in [3.8, 4) is 5.75 Å². The van der Waals surface area contributed by atoms with Gasteiger partial charge in [0.2, 0.25) is 5.91 Å².